The van der Waals surface area contributed by atoms with Crippen molar-refractivity contribution in [2.45, 2.75) is 32.2 Å². The number of hydrogen-bond donors (Lipinski definition) is 1. The number of carbonyl (C=O) groups excluding carboxylic acids is 1. The van der Waals surface area contributed by atoms with Crippen molar-refractivity contribution in [2.24, 2.45) is 0 Å². The normalized spacial score (nSPS) is 10.2. The fourth-order valence-corrected chi connectivity index (χ4v) is 2.93. The molecule has 2 aromatic rings. The number of benzene rings is 2. The molecule has 0 atom stereocenters. The van der Waals surface area contributed by atoms with Crippen LogP contribution in [0.5, 0.6) is 5.75 Å². The number of carbonyl (C=O) groups is 1. The van der Waals surface area contributed by atoms with Gasteiger partial charge in [0.1, 0.15) is 5.75 Å². The zero-order valence-electron chi connectivity index (χ0n) is 13.7. The van der Waals surface area contributed by atoms with Crippen molar-refractivity contribution in [3.8, 4) is 5.75 Å². The molecule has 0 amide bonds. The molecule has 0 heterocycles. The largest absolute Gasteiger partial charge is 0.427 e. The van der Waals surface area contributed by atoms with Gasteiger partial charge in [-0.05, 0) is 36.4 Å². The van der Waals surface area contributed by atoms with Gasteiger partial charge in [-0.3, -0.25) is 4.79 Å². The Morgan fingerprint density at radius 3 is 2.65 bits per heavy atom. The Morgan fingerprint density at radius 1 is 1.22 bits per heavy atom. The zero-order chi connectivity index (χ0) is 16.8. The minimum atomic E-state index is -0.324. The minimum Gasteiger partial charge on any atom is -0.427 e. The van der Waals surface area contributed by atoms with E-state index in [1.54, 1.807) is 17.8 Å². The van der Waals surface area contributed by atoms with Crippen LogP contribution >= 0.6 is 11.8 Å². The third-order valence-electron chi connectivity index (χ3n) is 3.06. The predicted octanol–water partition coefficient (Wildman–Crippen LogP) is 5.16. The Morgan fingerprint density at radius 2 is 2.00 bits per heavy atom. The fraction of sp³-hybridized carbons (Fsp3) is 0.211. The van der Waals surface area contributed by atoms with Crippen LogP contribution in [0.1, 0.15) is 25.0 Å². The molecule has 0 saturated heterocycles. The third kappa shape index (κ3) is 5.49. The first kappa shape index (κ1) is 17.2. The Hall–Kier alpha value is -2.20. The van der Waals surface area contributed by atoms with E-state index in [-0.39, 0.29) is 5.97 Å². The Kier molecular flexibility index (Phi) is 5.88. The lowest BCUT2D eigenvalue weighted by molar-refractivity contribution is -0.131. The molecular weight excluding hydrogens is 306 g/mol. The molecule has 0 aliphatic heterocycles. The Balaban J connectivity index is 2.21. The van der Waals surface area contributed by atoms with E-state index in [4.69, 9.17) is 4.74 Å². The number of aryl methyl sites for hydroxylation is 1. The maximum Gasteiger partial charge on any atom is 0.308 e. The van der Waals surface area contributed by atoms with E-state index < -0.39 is 0 Å². The highest BCUT2D eigenvalue weighted by atomic mass is 32.2. The van der Waals surface area contributed by atoms with Crippen molar-refractivity contribution < 1.29 is 9.53 Å². The van der Waals surface area contributed by atoms with Crippen molar-refractivity contribution in [1.82, 2.24) is 0 Å². The first-order chi connectivity index (χ1) is 10.9. The van der Waals surface area contributed by atoms with Gasteiger partial charge in [0.05, 0.1) is 5.69 Å². The Labute approximate surface area is 141 Å². The summed E-state index contributed by atoms with van der Waals surface area (Å²) in [6, 6.07) is 13.9. The van der Waals surface area contributed by atoms with Gasteiger partial charge in [-0.15, -0.1) is 0 Å². The number of anilines is 1. The van der Waals surface area contributed by atoms with E-state index >= 15 is 0 Å². The second-order valence-corrected chi connectivity index (χ2v) is 6.74. The smallest absolute Gasteiger partial charge is 0.308 e. The molecule has 0 aliphatic carbocycles. The van der Waals surface area contributed by atoms with E-state index in [1.165, 1.54) is 18.1 Å². The summed E-state index contributed by atoms with van der Waals surface area (Å²) in [5, 5.41) is 3.42. The van der Waals surface area contributed by atoms with Crippen LogP contribution in [-0.4, -0.2) is 5.97 Å². The molecule has 4 heteroatoms. The molecule has 0 saturated carbocycles. The second kappa shape index (κ2) is 7.88. The van der Waals surface area contributed by atoms with Gasteiger partial charge >= 0.3 is 5.97 Å². The minimum absolute atomic E-state index is 0.324. The van der Waals surface area contributed by atoms with E-state index in [9.17, 15) is 4.79 Å². The lowest BCUT2D eigenvalue weighted by atomic mass is 10.1. The molecule has 120 valence electrons. The second-order valence-electron chi connectivity index (χ2n) is 5.40. The molecule has 3 nitrogen and oxygen atoms in total. The maximum atomic E-state index is 11.1. The van der Waals surface area contributed by atoms with Crippen LogP contribution in [0.2, 0.25) is 0 Å². The number of thioether (sulfide) groups is 1. The first-order valence-electron chi connectivity index (χ1n) is 7.39. The highest BCUT2D eigenvalue weighted by Gasteiger charge is 2.08. The van der Waals surface area contributed by atoms with Gasteiger partial charge in [0.2, 0.25) is 0 Å². The SMILES string of the molecule is C=C(C)Sc1ccc(OC(C)=O)cc1NCc1cccc(C)c1. The number of rotatable bonds is 6. The zero-order valence-corrected chi connectivity index (χ0v) is 14.5. The summed E-state index contributed by atoms with van der Waals surface area (Å²) in [4.78, 5) is 13.2. The summed E-state index contributed by atoms with van der Waals surface area (Å²) in [5.74, 6) is 0.213. The van der Waals surface area contributed by atoms with Gasteiger partial charge in [0, 0.05) is 24.4 Å². The number of ether oxygens (including phenoxy) is 1. The van der Waals surface area contributed by atoms with E-state index in [2.05, 4.69) is 37.0 Å². The van der Waals surface area contributed by atoms with Crippen molar-refractivity contribution in [3.05, 3.63) is 65.1 Å². The van der Waals surface area contributed by atoms with Crippen LogP contribution in [0, 0.1) is 6.92 Å². The van der Waals surface area contributed by atoms with Crippen molar-refractivity contribution in [1.29, 1.82) is 0 Å². The molecule has 1 N–H and O–H groups in total. The van der Waals surface area contributed by atoms with Crippen molar-refractivity contribution in [3.63, 3.8) is 0 Å². The summed E-state index contributed by atoms with van der Waals surface area (Å²) in [5.41, 5.74) is 3.36. The van der Waals surface area contributed by atoms with Gasteiger partial charge < -0.3 is 10.1 Å². The summed E-state index contributed by atoms with van der Waals surface area (Å²) >= 11 is 1.59. The monoisotopic (exact) mass is 327 g/mol. The van der Waals surface area contributed by atoms with Gasteiger partial charge in [-0.2, -0.15) is 0 Å². The van der Waals surface area contributed by atoms with Crippen molar-refractivity contribution in [2.75, 3.05) is 5.32 Å². The fourth-order valence-electron chi connectivity index (χ4n) is 2.17. The predicted molar refractivity (Wildman–Crippen MR) is 96.9 cm³/mol. The molecule has 0 unspecified atom stereocenters. The van der Waals surface area contributed by atoms with Gasteiger partial charge in [0.25, 0.3) is 0 Å². The average Bonchev–Trinajstić information content (AvgIpc) is 2.46. The molecule has 23 heavy (non-hydrogen) atoms. The lowest BCUT2D eigenvalue weighted by Gasteiger charge is -2.14. The maximum absolute atomic E-state index is 11.1. The van der Waals surface area contributed by atoms with Crippen LogP contribution in [0.15, 0.2) is 58.8 Å². The summed E-state index contributed by atoms with van der Waals surface area (Å²) in [7, 11) is 0. The molecular formula is C19H21NO2S. The van der Waals surface area contributed by atoms with Gasteiger partial charge in [-0.25, -0.2) is 0 Å². The molecule has 0 bridgehead atoms. The van der Waals surface area contributed by atoms with Crippen LogP contribution in [0.25, 0.3) is 0 Å². The molecule has 0 fully saturated rings. The topological polar surface area (TPSA) is 38.3 Å². The molecule has 0 aliphatic rings. The van der Waals surface area contributed by atoms with Crippen LogP contribution in [0.4, 0.5) is 5.69 Å². The standard InChI is InChI=1S/C19H21NO2S/c1-13(2)23-19-9-8-17(22-15(4)21)11-18(19)20-12-16-7-5-6-14(3)10-16/h5-11,20H,1,12H2,2-4H3. The van der Waals surface area contributed by atoms with Gasteiger partial charge in [0.15, 0.2) is 0 Å². The average molecular weight is 327 g/mol. The highest BCUT2D eigenvalue weighted by Crippen LogP contribution is 2.34. The summed E-state index contributed by atoms with van der Waals surface area (Å²) < 4.78 is 5.18. The Bertz CT molecular complexity index is 725. The van der Waals surface area contributed by atoms with Crippen LogP contribution in [0.3, 0.4) is 0 Å². The molecule has 0 aromatic heterocycles. The van der Waals surface area contributed by atoms with Crippen LogP contribution < -0.4 is 10.1 Å². The number of nitrogens with one attached hydrogen (secondary N) is 1. The van der Waals surface area contributed by atoms with Gasteiger partial charge in [-0.1, -0.05) is 48.2 Å². The molecule has 0 radical (unpaired) electrons. The summed E-state index contributed by atoms with van der Waals surface area (Å²) in [6.07, 6.45) is 0. The van der Waals surface area contributed by atoms with E-state index in [0.717, 1.165) is 15.5 Å². The van der Waals surface area contributed by atoms with E-state index in [1.807, 2.05) is 25.1 Å². The third-order valence-corrected chi connectivity index (χ3v) is 3.99. The quantitative estimate of drug-likeness (QED) is 0.452. The van der Waals surface area contributed by atoms with E-state index in [0.29, 0.717) is 12.3 Å². The number of allylic oxidation sites excluding steroid dienone is 1. The number of esters is 1. The molecule has 2 rings (SSSR count). The van der Waals surface area contributed by atoms with Crippen LogP contribution in [-0.2, 0) is 11.3 Å². The van der Waals surface area contributed by atoms with Crippen molar-refractivity contribution >= 4 is 23.4 Å². The molecule has 2 aromatic carbocycles. The lowest BCUT2D eigenvalue weighted by Crippen LogP contribution is -2.04. The first-order valence-corrected chi connectivity index (χ1v) is 8.21. The number of hydrogen-bond acceptors (Lipinski definition) is 4. The molecule has 0 spiro atoms. The highest BCUT2D eigenvalue weighted by molar-refractivity contribution is 8.03. The summed E-state index contributed by atoms with van der Waals surface area (Å²) in [6.45, 7) is 10.1.